The average Bonchev–Trinajstić information content (AvgIpc) is 2.81. The quantitative estimate of drug-likeness (QED) is 0.630. The zero-order valence-corrected chi connectivity index (χ0v) is 10.8. The molecule has 0 atom stereocenters. The second kappa shape index (κ2) is 5.53. The Hall–Kier alpha value is -2.68. The number of hydrogen-bond acceptors (Lipinski definition) is 3. The second-order valence-corrected chi connectivity index (χ2v) is 4.50. The summed E-state index contributed by atoms with van der Waals surface area (Å²) in [5.41, 5.74) is 2.35. The van der Waals surface area contributed by atoms with Crippen LogP contribution in [0.3, 0.4) is 0 Å². The first-order chi connectivity index (χ1) is 9.81. The smallest absolute Gasteiger partial charge is 0.363 e. The molecule has 2 aromatic carbocycles. The lowest BCUT2D eigenvalue weighted by Gasteiger charge is -1.98. The van der Waals surface area contributed by atoms with Crippen LogP contribution in [0, 0.1) is 0 Å². The van der Waals surface area contributed by atoms with Crippen molar-refractivity contribution in [3.05, 3.63) is 77.5 Å². The van der Waals surface area contributed by atoms with Gasteiger partial charge in [0.2, 0.25) is 5.90 Å². The van der Waals surface area contributed by atoms with E-state index >= 15 is 0 Å². The lowest BCUT2D eigenvalue weighted by atomic mass is 10.1. The Morgan fingerprint density at radius 2 is 1.60 bits per heavy atom. The SMILES string of the molecule is O=C1OC(Cc2ccccc2)=N/C1=C\c1ccccc1. The summed E-state index contributed by atoms with van der Waals surface area (Å²) in [6.07, 6.45) is 2.26. The molecule has 1 aliphatic rings. The number of nitrogens with zero attached hydrogens (tertiary/aromatic N) is 1. The van der Waals surface area contributed by atoms with Gasteiger partial charge in [-0.05, 0) is 17.2 Å². The van der Waals surface area contributed by atoms with E-state index in [-0.39, 0.29) is 5.97 Å². The summed E-state index contributed by atoms with van der Waals surface area (Å²) >= 11 is 0. The van der Waals surface area contributed by atoms with Crippen molar-refractivity contribution < 1.29 is 9.53 Å². The lowest BCUT2D eigenvalue weighted by Crippen LogP contribution is -2.06. The highest BCUT2D eigenvalue weighted by Gasteiger charge is 2.22. The maximum atomic E-state index is 11.8. The van der Waals surface area contributed by atoms with Crippen LogP contribution in [0.25, 0.3) is 6.08 Å². The molecule has 0 saturated carbocycles. The van der Waals surface area contributed by atoms with Crippen LogP contribution in [0.1, 0.15) is 11.1 Å². The van der Waals surface area contributed by atoms with Crippen molar-refractivity contribution >= 4 is 17.9 Å². The highest BCUT2D eigenvalue weighted by molar-refractivity contribution is 6.07. The lowest BCUT2D eigenvalue weighted by molar-refractivity contribution is -0.130. The molecule has 98 valence electrons. The molecular formula is C17H13NO2. The number of carbonyl (C=O) groups excluding carboxylic acids is 1. The van der Waals surface area contributed by atoms with Crippen LogP contribution >= 0.6 is 0 Å². The van der Waals surface area contributed by atoms with Crippen LogP contribution in [0.4, 0.5) is 0 Å². The van der Waals surface area contributed by atoms with Gasteiger partial charge in [-0.25, -0.2) is 9.79 Å². The van der Waals surface area contributed by atoms with E-state index < -0.39 is 0 Å². The first-order valence-electron chi connectivity index (χ1n) is 6.42. The number of ether oxygens (including phenoxy) is 1. The minimum atomic E-state index is -0.389. The molecule has 1 heterocycles. The molecule has 3 nitrogen and oxygen atoms in total. The van der Waals surface area contributed by atoms with E-state index in [1.807, 2.05) is 60.7 Å². The minimum absolute atomic E-state index is 0.349. The Kier molecular flexibility index (Phi) is 3.42. The van der Waals surface area contributed by atoms with Gasteiger partial charge < -0.3 is 4.74 Å². The molecule has 2 aromatic rings. The normalized spacial score (nSPS) is 16.1. The molecule has 0 amide bonds. The first kappa shape index (κ1) is 12.4. The fourth-order valence-electron chi connectivity index (χ4n) is 2.01. The Labute approximate surface area is 117 Å². The summed E-state index contributed by atoms with van der Waals surface area (Å²) in [5.74, 6) is 0.0585. The monoisotopic (exact) mass is 263 g/mol. The van der Waals surface area contributed by atoms with Crippen molar-refractivity contribution in [2.45, 2.75) is 6.42 Å². The van der Waals surface area contributed by atoms with Gasteiger partial charge in [-0.2, -0.15) is 0 Å². The number of rotatable bonds is 3. The molecule has 0 spiro atoms. The second-order valence-electron chi connectivity index (χ2n) is 4.50. The van der Waals surface area contributed by atoms with E-state index in [0.29, 0.717) is 18.0 Å². The van der Waals surface area contributed by atoms with E-state index in [9.17, 15) is 4.79 Å². The summed E-state index contributed by atoms with van der Waals surface area (Å²) in [5, 5.41) is 0. The standard InChI is InChI=1S/C17H13NO2/c19-17-15(11-13-7-3-1-4-8-13)18-16(20-17)12-14-9-5-2-6-10-14/h1-11H,12H2/b15-11-. The zero-order chi connectivity index (χ0) is 13.8. The topological polar surface area (TPSA) is 38.7 Å². The van der Waals surface area contributed by atoms with Crippen LogP contribution in [0.2, 0.25) is 0 Å². The van der Waals surface area contributed by atoms with E-state index in [4.69, 9.17) is 4.74 Å². The molecular weight excluding hydrogens is 250 g/mol. The van der Waals surface area contributed by atoms with Gasteiger partial charge in [0.05, 0.1) is 0 Å². The Balaban J connectivity index is 1.81. The Morgan fingerprint density at radius 3 is 2.30 bits per heavy atom. The molecule has 0 unspecified atom stereocenters. The van der Waals surface area contributed by atoms with Gasteiger partial charge in [0.15, 0.2) is 5.70 Å². The van der Waals surface area contributed by atoms with E-state index in [2.05, 4.69) is 4.99 Å². The maximum absolute atomic E-state index is 11.8. The summed E-state index contributed by atoms with van der Waals surface area (Å²) in [6.45, 7) is 0. The van der Waals surface area contributed by atoms with Crippen LogP contribution in [0.15, 0.2) is 71.4 Å². The van der Waals surface area contributed by atoms with Crippen molar-refractivity contribution in [1.82, 2.24) is 0 Å². The predicted molar refractivity (Wildman–Crippen MR) is 78.1 cm³/mol. The average molecular weight is 263 g/mol. The zero-order valence-electron chi connectivity index (χ0n) is 10.8. The molecule has 0 N–H and O–H groups in total. The van der Waals surface area contributed by atoms with E-state index in [1.165, 1.54) is 0 Å². The molecule has 0 fully saturated rings. The Bertz CT molecular complexity index is 673. The van der Waals surface area contributed by atoms with Gasteiger partial charge >= 0.3 is 5.97 Å². The van der Waals surface area contributed by atoms with Gasteiger partial charge in [0, 0.05) is 6.42 Å². The number of esters is 1. The maximum Gasteiger partial charge on any atom is 0.363 e. The molecule has 20 heavy (non-hydrogen) atoms. The van der Waals surface area contributed by atoms with Crippen molar-refractivity contribution in [3.63, 3.8) is 0 Å². The highest BCUT2D eigenvalue weighted by Crippen LogP contribution is 2.17. The van der Waals surface area contributed by atoms with Crippen molar-refractivity contribution in [1.29, 1.82) is 0 Å². The summed E-state index contributed by atoms with van der Waals surface area (Å²) in [7, 11) is 0. The fourth-order valence-corrected chi connectivity index (χ4v) is 2.01. The van der Waals surface area contributed by atoms with Crippen LogP contribution < -0.4 is 0 Å². The van der Waals surface area contributed by atoms with E-state index in [1.54, 1.807) is 6.08 Å². The number of hydrogen-bond donors (Lipinski definition) is 0. The van der Waals surface area contributed by atoms with Crippen molar-refractivity contribution in [2.75, 3.05) is 0 Å². The van der Waals surface area contributed by atoms with Gasteiger partial charge in [0.25, 0.3) is 0 Å². The summed E-state index contributed by atoms with van der Waals surface area (Å²) < 4.78 is 5.19. The van der Waals surface area contributed by atoms with E-state index in [0.717, 1.165) is 11.1 Å². The highest BCUT2D eigenvalue weighted by atomic mass is 16.6. The largest absolute Gasteiger partial charge is 0.406 e. The number of cyclic esters (lactones) is 1. The molecule has 0 bridgehead atoms. The molecule has 0 aliphatic carbocycles. The van der Waals surface area contributed by atoms with Crippen LogP contribution in [0.5, 0.6) is 0 Å². The minimum Gasteiger partial charge on any atom is -0.406 e. The number of benzene rings is 2. The van der Waals surface area contributed by atoms with Crippen molar-refractivity contribution in [3.8, 4) is 0 Å². The van der Waals surface area contributed by atoms with Crippen LogP contribution in [-0.4, -0.2) is 11.9 Å². The third-order valence-electron chi connectivity index (χ3n) is 2.97. The summed E-state index contributed by atoms with van der Waals surface area (Å²) in [6, 6.07) is 19.4. The summed E-state index contributed by atoms with van der Waals surface area (Å²) in [4.78, 5) is 16.0. The molecule has 0 radical (unpaired) electrons. The number of aliphatic imine (C=N–C) groups is 1. The van der Waals surface area contributed by atoms with Gasteiger partial charge in [-0.3, -0.25) is 0 Å². The molecule has 0 aromatic heterocycles. The fraction of sp³-hybridized carbons (Fsp3) is 0.0588. The third kappa shape index (κ3) is 2.83. The van der Waals surface area contributed by atoms with Gasteiger partial charge in [-0.1, -0.05) is 60.7 Å². The third-order valence-corrected chi connectivity index (χ3v) is 2.97. The van der Waals surface area contributed by atoms with Crippen LogP contribution in [-0.2, 0) is 16.0 Å². The number of carbonyl (C=O) groups is 1. The predicted octanol–water partition coefficient (Wildman–Crippen LogP) is 3.23. The molecule has 3 rings (SSSR count). The molecule has 0 saturated heterocycles. The molecule has 3 heteroatoms. The Morgan fingerprint density at radius 1 is 0.950 bits per heavy atom. The molecule has 1 aliphatic heterocycles. The van der Waals surface area contributed by atoms with Gasteiger partial charge in [0.1, 0.15) is 0 Å². The van der Waals surface area contributed by atoms with Gasteiger partial charge in [-0.15, -0.1) is 0 Å². The first-order valence-corrected chi connectivity index (χ1v) is 6.42. The van der Waals surface area contributed by atoms with Crippen molar-refractivity contribution in [2.24, 2.45) is 4.99 Å².